The fourth-order valence-corrected chi connectivity index (χ4v) is 2.03. The SMILES string of the molecule is CC(C)[C@H](NCc1ccc(-n2ccnc2)cc1)C(=O)O. The van der Waals surface area contributed by atoms with Gasteiger partial charge < -0.3 is 15.0 Å². The van der Waals surface area contributed by atoms with E-state index in [0.717, 1.165) is 11.3 Å². The molecular formula is C15H19N3O2. The van der Waals surface area contributed by atoms with Gasteiger partial charge in [-0.15, -0.1) is 0 Å². The van der Waals surface area contributed by atoms with Gasteiger partial charge in [-0.1, -0.05) is 26.0 Å². The van der Waals surface area contributed by atoms with E-state index in [4.69, 9.17) is 5.11 Å². The van der Waals surface area contributed by atoms with Gasteiger partial charge in [-0.25, -0.2) is 4.98 Å². The minimum absolute atomic E-state index is 0.0534. The number of aliphatic carboxylic acids is 1. The van der Waals surface area contributed by atoms with Gasteiger partial charge in [0.1, 0.15) is 6.04 Å². The molecule has 0 bridgehead atoms. The number of benzene rings is 1. The molecule has 0 saturated carbocycles. The van der Waals surface area contributed by atoms with Gasteiger partial charge in [0.25, 0.3) is 0 Å². The number of hydrogen-bond acceptors (Lipinski definition) is 3. The van der Waals surface area contributed by atoms with E-state index in [2.05, 4.69) is 10.3 Å². The Hall–Kier alpha value is -2.14. The van der Waals surface area contributed by atoms with Gasteiger partial charge >= 0.3 is 5.97 Å². The number of rotatable bonds is 6. The second-order valence-electron chi connectivity index (χ2n) is 5.08. The monoisotopic (exact) mass is 273 g/mol. The Bertz CT molecular complexity index is 547. The van der Waals surface area contributed by atoms with Crippen LogP contribution in [0.2, 0.25) is 0 Å². The van der Waals surface area contributed by atoms with Gasteiger partial charge in [0.15, 0.2) is 0 Å². The van der Waals surface area contributed by atoms with Crippen LogP contribution in [-0.2, 0) is 11.3 Å². The van der Waals surface area contributed by atoms with Crippen LogP contribution in [0.15, 0.2) is 43.0 Å². The van der Waals surface area contributed by atoms with Gasteiger partial charge in [-0.2, -0.15) is 0 Å². The largest absolute Gasteiger partial charge is 0.480 e. The molecule has 106 valence electrons. The number of nitrogens with zero attached hydrogens (tertiary/aromatic N) is 2. The highest BCUT2D eigenvalue weighted by atomic mass is 16.4. The summed E-state index contributed by atoms with van der Waals surface area (Å²) in [4.78, 5) is 15.1. The molecule has 1 aromatic carbocycles. The first kappa shape index (κ1) is 14.3. The van der Waals surface area contributed by atoms with Crippen molar-refractivity contribution in [3.63, 3.8) is 0 Å². The fraction of sp³-hybridized carbons (Fsp3) is 0.333. The molecule has 0 saturated heterocycles. The molecule has 0 aliphatic carbocycles. The number of aromatic nitrogens is 2. The molecule has 1 heterocycles. The Balaban J connectivity index is 1.99. The maximum Gasteiger partial charge on any atom is 0.320 e. The maximum atomic E-state index is 11.1. The molecule has 2 N–H and O–H groups in total. The third kappa shape index (κ3) is 3.45. The summed E-state index contributed by atoms with van der Waals surface area (Å²) in [5.74, 6) is -0.757. The van der Waals surface area contributed by atoms with E-state index >= 15 is 0 Å². The lowest BCUT2D eigenvalue weighted by Crippen LogP contribution is -2.40. The normalized spacial score (nSPS) is 12.6. The fourth-order valence-electron chi connectivity index (χ4n) is 2.03. The topological polar surface area (TPSA) is 67.2 Å². The highest BCUT2D eigenvalue weighted by Gasteiger charge is 2.20. The van der Waals surface area contributed by atoms with Crippen molar-refractivity contribution in [1.29, 1.82) is 0 Å². The van der Waals surface area contributed by atoms with Gasteiger partial charge in [-0.05, 0) is 23.6 Å². The molecule has 5 heteroatoms. The smallest absolute Gasteiger partial charge is 0.320 e. The van der Waals surface area contributed by atoms with E-state index in [1.165, 1.54) is 0 Å². The summed E-state index contributed by atoms with van der Waals surface area (Å²) in [5, 5.41) is 12.2. The van der Waals surface area contributed by atoms with Crippen molar-refractivity contribution < 1.29 is 9.90 Å². The average molecular weight is 273 g/mol. The van der Waals surface area contributed by atoms with Crippen molar-refractivity contribution in [3.05, 3.63) is 48.5 Å². The first-order valence-corrected chi connectivity index (χ1v) is 6.61. The van der Waals surface area contributed by atoms with Crippen LogP contribution >= 0.6 is 0 Å². The molecule has 20 heavy (non-hydrogen) atoms. The molecule has 0 unspecified atom stereocenters. The van der Waals surface area contributed by atoms with Crippen LogP contribution in [0.1, 0.15) is 19.4 Å². The van der Waals surface area contributed by atoms with Crippen LogP contribution in [-0.4, -0.2) is 26.7 Å². The van der Waals surface area contributed by atoms with E-state index in [1.54, 1.807) is 12.5 Å². The quantitative estimate of drug-likeness (QED) is 0.845. The summed E-state index contributed by atoms with van der Waals surface area (Å²) in [6, 6.07) is 7.43. The molecule has 1 atom stereocenters. The lowest BCUT2D eigenvalue weighted by Gasteiger charge is -2.18. The van der Waals surface area contributed by atoms with Crippen LogP contribution in [0.25, 0.3) is 5.69 Å². The zero-order valence-electron chi connectivity index (χ0n) is 11.7. The van der Waals surface area contributed by atoms with Crippen molar-refractivity contribution in [2.24, 2.45) is 5.92 Å². The Labute approximate surface area is 118 Å². The van der Waals surface area contributed by atoms with Gasteiger partial charge in [0.05, 0.1) is 6.33 Å². The van der Waals surface area contributed by atoms with Crippen LogP contribution in [0.4, 0.5) is 0 Å². The predicted octanol–water partition coefficient (Wildman–Crippen LogP) is 2.07. The van der Waals surface area contributed by atoms with Gasteiger partial charge in [-0.3, -0.25) is 4.79 Å². The highest BCUT2D eigenvalue weighted by Crippen LogP contribution is 2.10. The summed E-state index contributed by atoms with van der Waals surface area (Å²) in [7, 11) is 0. The summed E-state index contributed by atoms with van der Waals surface area (Å²) >= 11 is 0. The van der Waals surface area contributed by atoms with E-state index in [1.807, 2.05) is 48.9 Å². The van der Waals surface area contributed by atoms with Crippen LogP contribution in [0.5, 0.6) is 0 Å². The summed E-state index contributed by atoms with van der Waals surface area (Å²) < 4.78 is 1.92. The number of hydrogen-bond donors (Lipinski definition) is 2. The summed E-state index contributed by atoms with van der Waals surface area (Å²) in [6.45, 7) is 4.33. The van der Waals surface area contributed by atoms with Crippen molar-refractivity contribution in [2.75, 3.05) is 0 Å². The summed E-state index contributed by atoms with van der Waals surface area (Å²) in [6.07, 6.45) is 5.36. The molecule has 5 nitrogen and oxygen atoms in total. The van der Waals surface area contributed by atoms with Crippen molar-refractivity contribution in [3.8, 4) is 5.69 Å². The minimum atomic E-state index is -0.810. The lowest BCUT2D eigenvalue weighted by molar-refractivity contribution is -0.140. The number of carbonyl (C=O) groups is 1. The standard InChI is InChI=1S/C15H19N3O2/c1-11(2)14(15(19)20)17-9-12-3-5-13(6-4-12)18-8-7-16-10-18/h3-8,10-11,14,17H,9H2,1-2H3,(H,19,20)/t14-/m0/s1. The molecule has 0 aliphatic heterocycles. The zero-order chi connectivity index (χ0) is 14.5. The Morgan fingerprint density at radius 1 is 1.35 bits per heavy atom. The zero-order valence-corrected chi connectivity index (χ0v) is 11.7. The van der Waals surface area contributed by atoms with E-state index in [9.17, 15) is 4.79 Å². The van der Waals surface area contributed by atoms with Crippen LogP contribution in [0.3, 0.4) is 0 Å². The van der Waals surface area contributed by atoms with E-state index in [-0.39, 0.29) is 5.92 Å². The van der Waals surface area contributed by atoms with Crippen LogP contribution in [0, 0.1) is 5.92 Å². The first-order chi connectivity index (χ1) is 9.58. The lowest BCUT2D eigenvalue weighted by atomic mass is 10.0. The second kappa shape index (κ2) is 6.34. The van der Waals surface area contributed by atoms with Crippen molar-refractivity contribution in [2.45, 2.75) is 26.4 Å². The minimum Gasteiger partial charge on any atom is -0.480 e. The number of imidazole rings is 1. The Kier molecular flexibility index (Phi) is 4.53. The molecule has 0 fully saturated rings. The Morgan fingerprint density at radius 3 is 2.55 bits per heavy atom. The number of carboxylic acids is 1. The predicted molar refractivity (Wildman–Crippen MR) is 76.7 cm³/mol. The molecule has 0 radical (unpaired) electrons. The molecule has 2 rings (SSSR count). The molecule has 0 aliphatic rings. The summed E-state index contributed by atoms with van der Waals surface area (Å²) in [5.41, 5.74) is 2.09. The highest BCUT2D eigenvalue weighted by molar-refractivity contribution is 5.73. The van der Waals surface area contributed by atoms with Gasteiger partial charge in [0.2, 0.25) is 0 Å². The number of nitrogens with one attached hydrogen (secondary N) is 1. The van der Waals surface area contributed by atoms with Crippen molar-refractivity contribution in [1.82, 2.24) is 14.9 Å². The molecule has 1 aromatic heterocycles. The van der Waals surface area contributed by atoms with Crippen molar-refractivity contribution >= 4 is 5.97 Å². The van der Waals surface area contributed by atoms with E-state index in [0.29, 0.717) is 6.54 Å². The maximum absolute atomic E-state index is 11.1. The third-order valence-electron chi connectivity index (χ3n) is 3.20. The number of carboxylic acid groups (broad SMARTS) is 1. The molecule has 0 amide bonds. The molecular weight excluding hydrogens is 254 g/mol. The first-order valence-electron chi connectivity index (χ1n) is 6.61. The Morgan fingerprint density at radius 2 is 2.05 bits per heavy atom. The molecule has 2 aromatic rings. The molecule has 0 spiro atoms. The third-order valence-corrected chi connectivity index (χ3v) is 3.20. The van der Waals surface area contributed by atoms with Crippen LogP contribution < -0.4 is 5.32 Å². The average Bonchev–Trinajstić information content (AvgIpc) is 2.92. The second-order valence-corrected chi connectivity index (χ2v) is 5.08. The van der Waals surface area contributed by atoms with E-state index < -0.39 is 12.0 Å². The van der Waals surface area contributed by atoms with Gasteiger partial charge in [0, 0.05) is 24.6 Å².